The van der Waals surface area contributed by atoms with E-state index >= 15 is 0 Å². The smallest absolute Gasteiger partial charge is 0.307 e. The third kappa shape index (κ3) is 8.66. The van der Waals surface area contributed by atoms with Gasteiger partial charge in [0.15, 0.2) is 0 Å². The predicted molar refractivity (Wildman–Crippen MR) is 193 cm³/mol. The molecule has 0 spiro atoms. The predicted octanol–water partition coefficient (Wildman–Crippen LogP) is 8.81. The number of halogens is 1. The summed E-state index contributed by atoms with van der Waals surface area (Å²) in [5.41, 5.74) is 7.40. The van der Waals surface area contributed by atoms with E-state index in [1.54, 1.807) is 0 Å². The zero-order chi connectivity index (χ0) is 34.4. The van der Waals surface area contributed by atoms with Crippen molar-refractivity contribution in [2.45, 2.75) is 97.9 Å². The van der Waals surface area contributed by atoms with Crippen LogP contribution in [0.2, 0.25) is 5.02 Å². The Morgan fingerprint density at radius 1 is 1.06 bits per heavy atom. The summed E-state index contributed by atoms with van der Waals surface area (Å²) in [4.78, 5) is 16.7. The van der Waals surface area contributed by atoms with Crippen LogP contribution in [0, 0.1) is 6.92 Å². The molecular weight excluding hydrogens is 624 g/mol. The van der Waals surface area contributed by atoms with Crippen LogP contribution >= 0.6 is 11.6 Å². The quantitative estimate of drug-likeness (QED) is 0.111. The van der Waals surface area contributed by atoms with Crippen LogP contribution in [0.4, 0.5) is 0 Å². The van der Waals surface area contributed by atoms with Crippen LogP contribution in [0.1, 0.15) is 88.7 Å². The first-order valence-electron chi connectivity index (χ1n) is 17.6. The highest BCUT2D eigenvalue weighted by molar-refractivity contribution is 6.32. The lowest BCUT2D eigenvalue weighted by molar-refractivity contribution is -0.147. The fraction of sp³-hybridized carbons (Fsp3) is 0.525. The van der Waals surface area contributed by atoms with Gasteiger partial charge < -0.3 is 23.8 Å². The molecule has 0 saturated carbocycles. The van der Waals surface area contributed by atoms with Crippen LogP contribution < -0.4 is 14.2 Å². The molecule has 0 unspecified atom stereocenters. The van der Waals surface area contributed by atoms with Crippen molar-refractivity contribution in [1.29, 1.82) is 0 Å². The Bertz CT molecular complexity index is 1570. The molecular formula is C40H53ClN2O5. The second-order valence-electron chi connectivity index (χ2n) is 14.0. The van der Waals surface area contributed by atoms with E-state index < -0.39 is 0 Å². The Balaban J connectivity index is 1.27. The third-order valence-corrected chi connectivity index (χ3v) is 9.95. The summed E-state index contributed by atoms with van der Waals surface area (Å²) in [6.07, 6.45) is 4.18. The molecule has 1 saturated heterocycles. The SMILES string of the molecule is CCOc1cc(O[C@H]2CCc3c(-c4cccc(OCCCN5CCC5(C)C)c4C)cccc32)c(Cl)cc1CN(C)CCC(=O)OC(C)C. The summed E-state index contributed by atoms with van der Waals surface area (Å²) in [6.45, 7) is 17.1. The van der Waals surface area contributed by atoms with Crippen LogP contribution in [0.3, 0.4) is 0 Å². The molecule has 1 heterocycles. The number of nitrogens with zero attached hydrogens (tertiary/aromatic N) is 2. The van der Waals surface area contributed by atoms with Gasteiger partial charge in [0, 0.05) is 43.3 Å². The number of esters is 1. The summed E-state index contributed by atoms with van der Waals surface area (Å²) in [5, 5.41) is 0.545. The Morgan fingerprint density at radius 2 is 1.83 bits per heavy atom. The number of likely N-dealkylation sites (tertiary alicyclic amines) is 1. The van der Waals surface area contributed by atoms with Gasteiger partial charge in [-0.2, -0.15) is 0 Å². The second kappa shape index (κ2) is 16.0. The molecule has 5 rings (SSSR count). The van der Waals surface area contributed by atoms with Crippen molar-refractivity contribution in [1.82, 2.24) is 9.80 Å². The van der Waals surface area contributed by atoms with E-state index in [2.05, 4.69) is 67.0 Å². The summed E-state index contributed by atoms with van der Waals surface area (Å²) in [7, 11) is 1.97. The van der Waals surface area contributed by atoms with Gasteiger partial charge in [0.05, 0.1) is 30.8 Å². The average Bonchev–Trinajstić information content (AvgIpc) is 3.45. The molecule has 3 aromatic carbocycles. The van der Waals surface area contributed by atoms with E-state index in [1.807, 2.05) is 40.0 Å². The summed E-state index contributed by atoms with van der Waals surface area (Å²) in [5.74, 6) is 2.11. The van der Waals surface area contributed by atoms with Gasteiger partial charge in [-0.15, -0.1) is 0 Å². The molecule has 0 N–H and O–H groups in total. The number of benzene rings is 3. The van der Waals surface area contributed by atoms with Gasteiger partial charge in [-0.05, 0) is 114 Å². The van der Waals surface area contributed by atoms with Crippen molar-refractivity contribution in [2.75, 3.05) is 39.9 Å². The molecule has 1 aliphatic carbocycles. The Labute approximate surface area is 292 Å². The van der Waals surface area contributed by atoms with Crippen LogP contribution in [-0.4, -0.2) is 67.3 Å². The lowest BCUT2D eigenvalue weighted by atomic mass is 9.89. The first-order chi connectivity index (χ1) is 23.0. The van der Waals surface area contributed by atoms with E-state index in [1.165, 1.54) is 40.8 Å². The molecule has 2 aliphatic rings. The largest absolute Gasteiger partial charge is 0.493 e. The fourth-order valence-corrected chi connectivity index (χ4v) is 7.06. The molecule has 48 heavy (non-hydrogen) atoms. The van der Waals surface area contributed by atoms with Gasteiger partial charge in [0.25, 0.3) is 0 Å². The number of ether oxygens (including phenoxy) is 4. The normalized spacial score (nSPS) is 16.9. The van der Waals surface area contributed by atoms with E-state index in [9.17, 15) is 4.79 Å². The minimum atomic E-state index is -0.197. The van der Waals surface area contributed by atoms with Crippen molar-refractivity contribution in [3.8, 4) is 28.4 Å². The van der Waals surface area contributed by atoms with Gasteiger partial charge in [0.2, 0.25) is 0 Å². The standard InChI is InChI=1S/C40H53ClN2O5/c1-8-45-37-25-38(34(41)24-29(37)26-42(7)21-18-39(44)47-27(2)3)48-36-17-16-32-31(13-9-14-33(32)36)30-12-10-15-35(28(30)4)46-23-11-20-43-22-19-40(43,5)6/h9-10,12-15,24-25,27,36H,8,11,16-23,26H2,1-7H3/t36-/m0/s1. The zero-order valence-electron chi connectivity index (χ0n) is 29.9. The van der Waals surface area contributed by atoms with Crippen molar-refractivity contribution in [3.63, 3.8) is 0 Å². The van der Waals surface area contributed by atoms with Gasteiger partial charge in [-0.25, -0.2) is 0 Å². The highest BCUT2D eigenvalue weighted by atomic mass is 35.5. The minimum absolute atomic E-state index is 0.113. The molecule has 0 bridgehead atoms. The van der Waals surface area contributed by atoms with E-state index in [4.69, 9.17) is 30.5 Å². The Hall–Kier alpha value is -3.26. The first kappa shape index (κ1) is 36.0. The highest BCUT2D eigenvalue weighted by Gasteiger charge is 2.35. The Morgan fingerprint density at radius 3 is 2.54 bits per heavy atom. The van der Waals surface area contributed by atoms with E-state index in [0.29, 0.717) is 49.0 Å². The molecule has 3 aromatic rings. The number of hydrogen-bond donors (Lipinski definition) is 0. The molecule has 0 aromatic heterocycles. The number of carbonyl (C=O) groups excluding carboxylic acids is 1. The number of carbonyl (C=O) groups is 1. The molecule has 8 heteroatoms. The van der Waals surface area contributed by atoms with Gasteiger partial charge in [-0.3, -0.25) is 9.69 Å². The molecule has 1 aliphatic heterocycles. The van der Waals surface area contributed by atoms with Crippen LogP contribution in [0.15, 0.2) is 48.5 Å². The maximum atomic E-state index is 12.0. The van der Waals surface area contributed by atoms with E-state index in [-0.39, 0.29) is 18.2 Å². The Kier molecular flexibility index (Phi) is 12.0. The molecule has 0 amide bonds. The third-order valence-electron chi connectivity index (χ3n) is 9.66. The lowest BCUT2D eigenvalue weighted by Gasteiger charge is -2.48. The molecule has 260 valence electrons. The van der Waals surface area contributed by atoms with E-state index in [0.717, 1.165) is 42.9 Å². The topological polar surface area (TPSA) is 60.5 Å². The zero-order valence-corrected chi connectivity index (χ0v) is 30.6. The van der Waals surface area contributed by atoms with Crippen molar-refractivity contribution >= 4 is 17.6 Å². The molecule has 1 fully saturated rings. The van der Waals surface area contributed by atoms with Crippen molar-refractivity contribution in [2.24, 2.45) is 0 Å². The number of rotatable bonds is 16. The average molecular weight is 677 g/mol. The van der Waals surface area contributed by atoms with Crippen LogP contribution in [-0.2, 0) is 22.5 Å². The van der Waals surface area contributed by atoms with Crippen molar-refractivity contribution < 1.29 is 23.7 Å². The number of hydrogen-bond acceptors (Lipinski definition) is 7. The van der Waals surface area contributed by atoms with Gasteiger partial charge >= 0.3 is 5.97 Å². The first-order valence-corrected chi connectivity index (χ1v) is 17.9. The monoisotopic (exact) mass is 676 g/mol. The lowest BCUT2D eigenvalue weighted by Crippen LogP contribution is -2.55. The second-order valence-corrected chi connectivity index (χ2v) is 14.5. The summed E-state index contributed by atoms with van der Waals surface area (Å²) >= 11 is 6.85. The molecule has 0 radical (unpaired) electrons. The minimum Gasteiger partial charge on any atom is -0.493 e. The van der Waals surface area contributed by atoms with Crippen LogP contribution in [0.25, 0.3) is 11.1 Å². The van der Waals surface area contributed by atoms with Crippen molar-refractivity contribution in [3.05, 3.63) is 75.8 Å². The molecule has 1 atom stereocenters. The van der Waals surface area contributed by atoms with Gasteiger partial charge in [0.1, 0.15) is 23.4 Å². The summed E-state index contributed by atoms with van der Waals surface area (Å²) < 4.78 is 24.3. The maximum absolute atomic E-state index is 12.0. The summed E-state index contributed by atoms with van der Waals surface area (Å²) in [6, 6.07) is 16.7. The van der Waals surface area contributed by atoms with Gasteiger partial charge in [-0.1, -0.05) is 41.9 Å². The maximum Gasteiger partial charge on any atom is 0.307 e. The highest BCUT2D eigenvalue weighted by Crippen LogP contribution is 2.44. The fourth-order valence-electron chi connectivity index (χ4n) is 6.83. The number of fused-ring (bicyclic) bond motifs is 1. The van der Waals surface area contributed by atoms with Crippen LogP contribution in [0.5, 0.6) is 17.2 Å². The molecule has 7 nitrogen and oxygen atoms in total.